The molecule has 0 N–H and O–H groups in total. The normalized spacial score (nSPS) is 18.8. The summed E-state index contributed by atoms with van der Waals surface area (Å²) >= 11 is 6.85. The first-order valence-corrected chi connectivity index (χ1v) is 7.71. The lowest BCUT2D eigenvalue weighted by atomic mass is 9.84. The Morgan fingerprint density at radius 3 is 2.39 bits per heavy atom. The summed E-state index contributed by atoms with van der Waals surface area (Å²) in [7, 11) is 0. The average molecular weight is 375 g/mol. The Labute approximate surface area is 125 Å². The molecular formula is C14H17Br2NO. The van der Waals surface area contributed by atoms with Crippen molar-refractivity contribution in [3.05, 3.63) is 32.7 Å². The number of rotatable bonds is 1. The number of likely N-dealkylation sites (tertiary alicyclic amines) is 1. The van der Waals surface area contributed by atoms with Gasteiger partial charge in [0.2, 0.25) is 0 Å². The summed E-state index contributed by atoms with van der Waals surface area (Å²) in [4.78, 5) is 14.4. The largest absolute Gasteiger partial charge is 0.338 e. The van der Waals surface area contributed by atoms with E-state index in [0.29, 0.717) is 0 Å². The summed E-state index contributed by atoms with van der Waals surface area (Å²) in [6, 6.07) is 5.71. The van der Waals surface area contributed by atoms with Gasteiger partial charge in [0.05, 0.1) is 0 Å². The van der Waals surface area contributed by atoms with Crippen molar-refractivity contribution < 1.29 is 4.79 Å². The lowest BCUT2D eigenvalue weighted by Gasteiger charge is -2.38. The molecular weight excluding hydrogens is 358 g/mol. The number of hydrogen-bond donors (Lipinski definition) is 0. The summed E-state index contributed by atoms with van der Waals surface area (Å²) in [5, 5.41) is 0. The second-order valence-electron chi connectivity index (χ2n) is 5.65. The highest BCUT2D eigenvalue weighted by atomic mass is 79.9. The monoisotopic (exact) mass is 373 g/mol. The van der Waals surface area contributed by atoms with Crippen LogP contribution in [0.15, 0.2) is 27.1 Å². The molecule has 98 valence electrons. The van der Waals surface area contributed by atoms with Crippen molar-refractivity contribution in [1.82, 2.24) is 4.90 Å². The molecule has 0 saturated carbocycles. The molecule has 1 amide bonds. The van der Waals surface area contributed by atoms with Crippen molar-refractivity contribution in [2.45, 2.75) is 26.7 Å². The molecule has 0 unspecified atom stereocenters. The summed E-state index contributed by atoms with van der Waals surface area (Å²) in [5.74, 6) is 0.129. The maximum atomic E-state index is 12.5. The molecule has 1 aromatic carbocycles. The van der Waals surface area contributed by atoms with Crippen molar-refractivity contribution in [3.63, 3.8) is 0 Å². The first kappa shape index (κ1) is 14.1. The molecule has 1 aliphatic heterocycles. The van der Waals surface area contributed by atoms with Crippen molar-refractivity contribution in [2.75, 3.05) is 13.1 Å². The highest BCUT2D eigenvalue weighted by Gasteiger charge is 2.29. The highest BCUT2D eigenvalue weighted by molar-refractivity contribution is 9.11. The van der Waals surface area contributed by atoms with E-state index in [1.54, 1.807) is 0 Å². The molecule has 2 nitrogen and oxygen atoms in total. The third-order valence-electron chi connectivity index (χ3n) is 3.30. The summed E-state index contributed by atoms with van der Waals surface area (Å²) in [5.41, 5.74) is 0.978. The number of halogens is 2. The van der Waals surface area contributed by atoms with Gasteiger partial charge in [-0.05, 0) is 36.5 Å². The average Bonchev–Trinajstić information content (AvgIpc) is 2.25. The van der Waals surface area contributed by atoms with Gasteiger partial charge in [-0.25, -0.2) is 0 Å². The van der Waals surface area contributed by atoms with E-state index >= 15 is 0 Å². The minimum atomic E-state index is 0.129. The van der Waals surface area contributed by atoms with Gasteiger partial charge >= 0.3 is 0 Å². The highest BCUT2D eigenvalue weighted by Crippen LogP contribution is 2.30. The number of benzene rings is 1. The number of carbonyl (C=O) groups is 1. The van der Waals surface area contributed by atoms with Crippen LogP contribution in [0, 0.1) is 5.41 Å². The Kier molecular flexibility index (Phi) is 4.17. The van der Waals surface area contributed by atoms with E-state index in [9.17, 15) is 4.79 Å². The fourth-order valence-corrected chi connectivity index (χ4v) is 3.75. The van der Waals surface area contributed by atoms with Gasteiger partial charge in [0.15, 0.2) is 0 Å². The number of piperidine rings is 1. The SMILES string of the molecule is CC1(C)CCCN(C(=O)c2cc(Br)cc(Br)c2)C1. The summed E-state index contributed by atoms with van der Waals surface area (Å²) in [6.07, 6.45) is 2.28. The first-order valence-electron chi connectivity index (χ1n) is 6.13. The molecule has 2 rings (SSSR count). The maximum Gasteiger partial charge on any atom is 0.253 e. The fraction of sp³-hybridized carbons (Fsp3) is 0.500. The second-order valence-corrected chi connectivity index (χ2v) is 7.48. The fourth-order valence-electron chi connectivity index (χ4n) is 2.46. The predicted octanol–water partition coefficient (Wildman–Crippen LogP) is 4.47. The van der Waals surface area contributed by atoms with E-state index in [1.807, 2.05) is 23.1 Å². The summed E-state index contributed by atoms with van der Waals surface area (Å²) < 4.78 is 1.85. The van der Waals surface area contributed by atoms with Gasteiger partial charge in [-0.3, -0.25) is 4.79 Å². The van der Waals surface area contributed by atoms with Gasteiger partial charge in [0.25, 0.3) is 5.91 Å². The van der Waals surface area contributed by atoms with E-state index in [1.165, 1.54) is 6.42 Å². The smallest absolute Gasteiger partial charge is 0.253 e. The molecule has 1 aromatic rings. The Bertz CT molecular complexity index is 451. The zero-order valence-corrected chi connectivity index (χ0v) is 13.8. The van der Waals surface area contributed by atoms with Crippen LogP contribution in [0.25, 0.3) is 0 Å². The van der Waals surface area contributed by atoms with E-state index in [0.717, 1.165) is 34.0 Å². The zero-order valence-electron chi connectivity index (χ0n) is 10.7. The van der Waals surface area contributed by atoms with Crippen LogP contribution in [0.2, 0.25) is 0 Å². The number of nitrogens with zero attached hydrogens (tertiary/aromatic N) is 1. The van der Waals surface area contributed by atoms with Crippen LogP contribution >= 0.6 is 31.9 Å². The minimum absolute atomic E-state index is 0.129. The van der Waals surface area contributed by atoms with Gasteiger partial charge in [0, 0.05) is 27.6 Å². The Hall–Kier alpha value is -0.350. The van der Waals surface area contributed by atoms with Gasteiger partial charge in [-0.1, -0.05) is 45.7 Å². The van der Waals surface area contributed by atoms with E-state index in [-0.39, 0.29) is 11.3 Å². The topological polar surface area (TPSA) is 20.3 Å². The molecule has 0 bridgehead atoms. The minimum Gasteiger partial charge on any atom is -0.338 e. The maximum absolute atomic E-state index is 12.5. The lowest BCUT2D eigenvalue weighted by molar-refractivity contribution is 0.0583. The van der Waals surface area contributed by atoms with Crippen molar-refractivity contribution in [1.29, 1.82) is 0 Å². The van der Waals surface area contributed by atoms with Crippen molar-refractivity contribution in [2.24, 2.45) is 5.41 Å². The molecule has 1 heterocycles. The molecule has 1 fully saturated rings. The number of amides is 1. The van der Waals surface area contributed by atoms with Crippen LogP contribution in [-0.2, 0) is 0 Å². The molecule has 1 aliphatic rings. The Balaban J connectivity index is 2.20. The molecule has 0 atom stereocenters. The molecule has 1 saturated heterocycles. The zero-order chi connectivity index (χ0) is 13.3. The second kappa shape index (κ2) is 5.33. The molecule has 0 spiro atoms. The standard InChI is InChI=1S/C14H17Br2NO/c1-14(2)4-3-5-17(9-14)13(18)10-6-11(15)8-12(16)7-10/h6-8H,3-5,9H2,1-2H3. The molecule has 18 heavy (non-hydrogen) atoms. The van der Waals surface area contributed by atoms with Crippen LogP contribution in [0.5, 0.6) is 0 Å². The van der Waals surface area contributed by atoms with Crippen LogP contribution in [0.1, 0.15) is 37.0 Å². The Morgan fingerprint density at radius 2 is 1.83 bits per heavy atom. The van der Waals surface area contributed by atoms with Crippen LogP contribution in [0.3, 0.4) is 0 Å². The van der Waals surface area contributed by atoms with Crippen LogP contribution in [-0.4, -0.2) is 23.9 Å². The van der Waals surface area contributed by atoms with Crippen LogP contribution < -0.4 is 0 Å². The quantitative estimate of drug-likeness (QED) is 0.709. The predicted molar refractivity (Wildman–Crippen MR) is 80.8 cm³/mol. The third-order valence-corrected chi connectivity index (χ3v) is 4.21. The van der Waals surface area contributed by atoms with Gasteiger partial charge < -0.3 is 4.90 Å². The third kappa shape index (κ3) is 3.35. The van der Waals surface area contributed by atoms with Gasteiger partial charge in [-0.15, -0.1) is 0 Å². The summed E-state index contributed by atoms with van der Waals surface area (Å²) in [6.45, 7) is 6.16. The number of carbonyl (C=O) groups excluding carboxylic acids is 1. The first-order chi connectivity index (χ1) is 8.37. The molecule has 0 aliphatic carbocycles. The lowest BCUT2D eigenvalue weighted by Crippen LogP contribution is -2.43. The van der Waals surface area contributed by atoms with Crippen molar-refractivity contribution >= 4 is 37.8 Å². The molecule has 0 radical (unpaired) electrons. The van der Waals surface area contributed by atoms with E-state index < -0.39 is 0 Å². The van der Waals surface area contributed by atoms with Crippen molar-refractivity contribution in [3.8, 4) is 0 Å². The molecule has 4 heteroatoms. The Morgan fingerprint density at radius 1 is 1.22 bits per heavy atom. The van der Waals surface area contributed by atoms with E-state index in [2.05, 4.69) is 45.7 Å². The van der Waals surface area contributed by atoms with E-state index in [4.69, 9.17) is 0 Å². The number of hydrogen-bond acceptors (Lipinski definition) is 1. The molecule has 0 aromatic heterocycles. The van der Waals surface area contributed by atoms with Gasteiger partial charge in [-0.2, -0.15) is 0 Å². The van der Waals surface area contributed by atoms with Gasteiger partial charge in [0.1, 0.15) is 0 Å². The van der Waals surface area contributed by atoms with Crippen LogP contribution in [0.4, 0.5) is 0 Å².